The van der Waals surface area contributed by atoms with Gasteiger partial charge in [0.1, 0.15) is 5.82 Å². The predicted molar refractivity (Wildman–Crippen MR) is 121 cm³/mol. The first-order valence-electron chi connectivity index (χ1n) is 9.88. The molecule has 0 aliphatic carbocycles. The zero-order valence-electron chi connectivity index (χ0n) is 17.4. The molecule has 0 saturated carbocycles. The molecule has 0 fully saturated rings. The number of para-hydroxylation sites is 1. The van der Waals surface area contributed by atoms with Crippen molar-refractivity contribution in [2.45, 2.75) is 32.5 Å². The Kier molecular flexibility index (Phi) is 5.86. The van der Waals surface area contributed by atoms with Gasteiger partial charge in [0.15, 0.2) is 10.9 Å². The lowest BCUT2D eigenvalue weighted by molar-refractivity contribution is 0.102. The van der Waals surface area contributed by atoms with Gasteiger partial charge in [-0.2, -0.15) is 0 Å². The van der Waals surface area contributed by atoms with E-state index in [1.807, 2.05) is 63.2 Å². The molecular formula is C24H24N4OS. The number of carbonyl (C=O) groups is 1. The molecule has 152 valence electrons. The molecule has 0 aliphatic rings. The summed E-state index contributed by atoms with van der Waals surface area (Å²) in [5, 5.41) is 9.27. The Balaban J connectivity index is 1.51. The first-order valence-corrected chi connectivity index (χ1v) is 10.9. The standard InChI is InChI=1S/C24H24N4OS/c1-17-14-22(18(2)28(17)21-12-8-5-9-13-21)23(29)16-30-24-26-25-19(3)27(24)15-20-10-6-4-7-11-20/h4-14H,15-16H2,1-3H3. The van der Waals surface area contributed by atoms with E-state index in [0.29, 0.717) is 12.3 Å². The molecule has 0 radical (unpaired) electrons. The fourth-order valence-corrected chi connectivity index (χ4v) is 4.51. The fourth-order valence-electron chi connectivity index (χ4n) is 3.64. The van der Waals surface area contributed by atoms with Crippen LogP contribution in [0.15, 0.2) is 71.9 Å². The topological polar surface area (TPSA) is 52.7 Å². The monoisotopic (exact) mass is 416 g/mol. The van der Waals surface area contributed by atoms with Crippen molar-refractivity contribution >= 4 is 17.5 Å². The van der Waals surface area contributed by atoms with Crippen LogP contribution in [0.3, 0.4) is 0 Å². The lowest BCUT2D eigenvalue weighted by atomic mass is 10.2. The zero-order valence-corrected chi connectivity index (χ0v) is 18.2. The van der Waals surface area contributed by atoms with Crippen molar-refractivity contribution < 1.29 is 4.79 Å². The molecule has 0 N–H and O–H groups in total. The number of carbonyl (C=O) groups excluding carboxylic acids is 1. The molecular weight excluding hydrogens is 392 g/mol. The summed E-state index contributed by atoms with van der Waals surface area (Å²) in [6, 6.07) is 22.3. The summed E-state index contributed by atoms with van der Waals surface area (Å²) in [4.78, 5) is 13.0. The van der Waals surface area contributed by atoms with E-state index < -0.39 is 0 Å². The van der Waals surface area contributed by atoms with Gasteiger partial charge in [-0.25, -0.2) is 0 Å². The van der Waals surface area contributed by atoms with Gasteiger partial charge in [-0.15, -0.1) is 10.2 Å². The van der Waals surface area contributed by atoms with E-state index in [1.165, 1.54) is 17.3 Å². The van der Waals surface area contributed by atoms with E-state index >= 15 is 0 Å². The first-order chi connectivity index (χ1) is 14.5. The second-order valence-corrected chi connectivity index (χ2v) is 8.21. The average Bonchev–Trinajstić information content (AvgIpc) is 3.26. The van der Waals surface area contributed by atoms with Gasteiger partial charge >= 0.3 is 0 Å². The molecule has 0 atom stereocenters. The number of Topliss-reactive ketones (excluding diaryl/α,β-unsaturated/α-hetero) is 1. The molecule has 2 aromatic carbocycles. The number of aromatic nitrogens is 4. The molecule has 2 aromatic heterocycles. The molecule has 0 spiro atoms. The number of thioether (sulfide) groups is 1. The number of aryl methyl sites for hydroxylation is 2. The van der Waals surface area contributed by atoms with Crippen LogP contribution in [0.1, 0.15) is 33.1 Å². The SMILES string of the molecule is Cc1nnc(SCC(=O)c2cc(C)n(-c3ccccc3)c2C)n1Cc1ccccc1. The van der Waals surface area contributed by atoms with Crippen LogP contribution in [0, 0.1) is 20.8 Å². The highest BCUT2D eigenvalue weighted by atomic mass is 32.2. The highest BCUT2D eigenvalue weighted by molar-refractivity contribution is 7.99. The van der Waals surface area contributed by atoms with E-state index in [1.54, 1.807) is 0 Å². The largest absolute Gasteiger partial charge is 0.318 e. The third-order valence-electron chi connectivity index (χ3n) is 5.16. The molecule has 0 amide bonds. The number of rotatable bonds is 7. The maximum absolute atomic E-state index is 13.0. The summed E-state index contributed by atoms with van der Waals surface area (Å²) in [5.41, 5.74) is 5.02. The predicted octanol–water partition coefficient (Wildman–Crippen LogP) is 5.02. The zero-order chi connectivity index (χ0) is 21.1. The van der Waals surface area contributed by atoms with Gasteiger partial charge in [0.2, 0.25) is 0 Å². The summed E-state index contributed by atoms with van der Waals surface area (Å²) in [7, 11) is 0. The number of hydrogen-bond acceptors (Lipinski definition) is 4. The van der Waals surface area contributed by atoms with Crippen LogP contribution in [-0.4, -0.2) is 30.9 Å². The van der Waals surface area contributed by atoms with Crippen molar-refractivity contribution in [1.29, 1.82) is 0 Å². The van der Waals surface area contributed by atoms with Gasteiger partial charge < -0.3 is 9.13 Å². The summed E-state index contributed by atoms with van der Waals surface area (Å²) in [6.07, 6.45) is 0. The van der Waals surface area contributed by atoms with Gasteiger partial charge in [-0.3, -0.25) is 4.79 Å². The van der Waals surface area contributed by atoms with Gasteiger partial charge in [0.05, 0.1) is 12.3 Å². The summed E-state index contributed by atoms with van der Waals surface area (Å²) in [5.74, 6) is 1.27. The lowest BCUT2D eigenvalue weighted by Crippen LogP contribution is -2.08. The number of ketones is 1. The number of benzene rings is 2. The Bertz CT molecular complexity index is 1160. The normalized spacial score (nSPS) is 11.0. The molecule has 5 nitrogen and oxygen atoms in total. The van der Waals surface area contributed by atoms with Gasteiger partial charge in [-0.05, 0) is 44.5 Å². The third kappa shape index (κ3) is 4.09. The molecule has 0 saturated heterocycles. The highest BCUT2D eigenvalue weighted by Gasteiger charge is 2.18. The minimum Gasteiger partial charge on any atom is -0.318 e. The van der Waals surface area contributed by atoms with E-state index in [0.717, 1.165) is 33.6 Å². The Morgan fingerprint density at radius 2 is 1.60 bits per heavy atom. The molecule has 0 unspecified atom stereocenters. The lowest BCUT2D eigenvalue weighted by Gasteiger charge is -2.10. The highest BCUT2D eigenvalue weighted by Crippen LogP contribution is 2.24. The van der Waals surface area contributed by atoms with E-state index in [9.17, 15) is 4.79 Å². The smallest absolute Gasteiger partial charge is 0.191 e. The first kappa shape index (κ1) is 20.2. The molecule has 4 aromatic rings. The van der Waals surface area contributed by atoms with Crippen molar-refractivity contribution in [3.63, 3.8) is 0 Å². The number of nitrogens with zero attached hydrogens (tertiary/aromatic N) is 4. The Hall–Kier alpha value is -3.12. The second kappa shape index (κ2) is 8.71. The molecule has 30 heavy (non-hydrogen) atoms. The van der Waals surface area contributed by atoms with E-state index in [2.05, 4.69) is 43.6 Å². The van der Waals surface area contributed by atoms with Crippen molar-refractivity contribution in [2.24, 2.45) is 0 Å². The van der Waals surface area contributed by atoms with Crippen molar-refractivity contribution in [1.82, 2.24) is 19.3 Å². The van der Waals surface area contributed by atoms with Gasteiger partial charge in [-0.1, -0.05) is 60.3 Å². The van der Waals surface area contributed by atoms with Crippen molar-refractivity contribution in [3.05, 3.63) is 95.1 Å². The fraction of sp³-hybridized carbons (Fsp3) is 0.208. The van der Waals surface area contributed by atoms with Gasteiger partial charge in [0.25, 0.3) is 0 Å². The van der Waals surface area contributed by atoms with Crippen molar-refractivity contribution in [2.75, 3.05) is 5.75 Å². The van der Waals surface area contributed by atoms with E-state index in [4.69, 9.17) is 0 Å². The maximum atomic E-state index is 13.0. The van der Waals surface area contributed by atoms with Crippen LogP contribution in [0.25, 0.3) is 5.69 Å². The van der Waals surface area contributed by atoms with Gasteiger partial charge in [0, 0.05) is 22.6 Å². The summed E-state index contributed by atoms with van der Waals surface area (Å²) < 4.78 is 4.18. The van der Waals surface area contributed by atoms with Crippen LogP contribution in [0.4, 0.5) is 0 Å². The van der Waals surface area contributed by atoms with Crippen LogP contribution in [0.5, 0.6) is 0 Å². The molecule has 6 heteroatoms. The van der Waals surface area contributed by atoms with Crippen molar-refractivity contribution in [3.8, 4) is 5.69 Å². The minimum atomic E-state index is 0.0993. The quantitative estimate of drug-likeness (QED) is 0.314. The molecule has 4 rings (SSSR count). The minimum absolute atomic E-state index is 0.0993. The third-order valence-corrected chi connectivity index (χ3v) is 6.13. The average molecular weight is 417 g/mol. The maximum Gasteiger partial charge on any atom is 0.191 e. The van der Waals surface area contributed by atoms with Crippen LogP contribution in [-0.2, 0) is 6.54 Å². The molecule has 0 bridgehead atoms. The Morgan fingerprint density at radius 3 is 2.30 bits per heavy atom. The molecule has 0 aliphatic heterocycles. The summed E-state index contributed by atoms with van der Waals surface area (Å²) >= 11 is 1.44. The van der Waals surface area contributed by atoms with E-state index in [-0.39, 0.29) is 5.78 Å². The summed E-state index contributed by atoms with van der Waals surface area (Å²) in [6.45, 7) is 6.66. The van der Waals surface area contributed by atoms with Crippen LogP contribution >= 0.6 is 11.8 Å². The molecule has 2 heterocycles. The number of hydrogen-bond donors (Lipinski definition) is 0. The Labute approximate surface area is 180 Å². The second-order valence-electron chi connectivity index (χ2n) is 7.27. The van der Waals surface area contributed by atoms with Crippen LogP contribution < -0.4 is 0 Å². The Morgan fingerprint density at radius 1 is 0.933 bits per heavy atom. The van der Waals surface area contributed by atoms with Crippen LogP contribution in [0.2, 0.25) is 0 Å².